The molecule has 0 radical (unpaired) electrons. The lowest BCUT2D eigenvalue weighted by atomic mass is 9.93. The number of hydrogen-bond donors (Lipinski definition) is 2. The second kappa shape index (κ2) is 8.39. The lowest BCUT2D eigenvalue weighted by Gasteiger charge is -2.31. The van der Waals surface area contributed by atoms with Gasteiger partial charge in [0.25, 0.3) is 0 Å². The molecule has 0 spiro atoms. The fraction of sp³-hybridized carbons (Fsp3) is 0.667. The maximum absolute atomic E-state index is 11.9. The average molecular weight is 295 g/mol. The Balaban J connectivity index is 1.61. The van der Waals surface area contributed by atoms with E-state index in [1.807, 2.05) is 18.5 Å². The van der Waals surface area contributed by atoms with Gasteiger partial charge in [0.05, 0.1) is 13.1 Å². The van der Waals surface area contributed by atoms with Crippen molar-refractivity contribution in [3.05, 3.63) is 22.4 Å². The van der Waals surface area contributed by atoms with E-state index in [1.165, 1.54) is 24.1 Å². The fourth-order valence-corrected chi connectivity index (χ4v) is 3.28. The van der Waals surface area contributed by atoms with E-state index >= 15 is 0 Å². The standard InChI is InChI=1S/C15H25N3OS/c1-16-7-4-13-5-8-18(9-6-13)12-15(19)17-11-14-3-2-10-20-14/h2-3,10,13,16H,4-9,11-12H2,1H3,(H,17,19). The summed E-state index contributed by atoms with van der Waals surface area (Å²) in [5.41, 5.74) is 0. The molecule has 0 saturated carbocycles. The molecule has 112 valence electrons. The van der Waals surface area contributed by atoms with Gasteiger partial charge in [-0.3, -0.25) is 9.69 Å². The second-order valence-corrected chi connectivity index (χ2v) is 6.50. The minimum atomic E-state index is 0.145. The summed E-state index contributed by atoms with van der Waals surface area (Å²) in [5.74, 6) is 0.972. The highest BCUT2D eigenvalue weighted by atomic mass is 32.1. The number of carbonyl (C=O) groups is 1. The van der Waals surface area contributed by atoms with Gasteiger partial charge in [-0.05, 0) is 63.3 Å². The van der Waals surface area contributed by atoms with Gasteiger partial charge in [0.2, 0.25) is 5.91 Å². The predicted molar refractivity (Wildman–Crippen MR) is 83.9 cm³/mol. The minimum Gasteiger partial charge on any atom is -0.350 e. The Hall–Kier alpha value is -0.910. The number of thiophene rings is 1. The van der Waals surface area contributed by atoms with E-state index in [-0.39, 0.29) is 5.91 Å². The number of likely N-dealkylation sites (tertiary alicyclic amines) is 1. The Morgan fingerprint density at radius 1 is 1.45 bits per heavy atom. The molecule has 20 heavy (non-hydrogen) atoms. The first kappa shape index (κ1) is 15.5. The molecule has 1 aliphatic rings. The molecule has 0 aliphatic carbocycles. The number of nitrogens with zero attached hydrogens (tertiary/aromatic N) is 1. The zero-order chi connectivity index (χ0) is 14.2. The highest BCUT2D eigenvalue weighted by Gasteiger charge is 2.20. The van der Waals surface area contributed by atoms with Gasteiger partial charge in [-0.25, -0.2) is 0 Å². The van der Waals surface area contributed by atoms with Gasteiger partial charge in [-0.15, -0.1) is 11.3 Å². The molecular weight excluding hydrogens is 270 g/mol. The largest absolute Gasteiger partial charge is 0.350 e. The molecule has 2 N–H and O–H groups in total. The molecule has 4 nitrogen and oxygen atoms in total. The third-order valence-corrected chi connectivity index (χ3v) is 4.79. The number of rotatable bonds is 7. The van der Waals surface area contributed by atoms with Crippen molar-refractivity contribution >= 4 is 17.2 Å². The van der Waals surface area contributed by atoms with Gasteiger partial charge in [-0.2, -0.15) is 0 Å². The van der Waals surface area contributed by atoms with Crippen molar-refractivity contribution in [3.63, 3.8) is 0 Å². The molecule has 1 aliphatic heterocycles. The van der Waals surface area contributed by atoms with E-state index < -0.39 is 0 Å². The van der Waals surface area contributed by atoms with Crippen molar-refractivity contribution in [1.29, 1.82) is 0 Å². The monoisotopic (exact) mass is 295 g/mol. The molecular formula is C15H25N3OS. The van der Waals surface area contributed by atoms with Crippen LogP contribution in [0.5, 0.6) is 0 Å². The molecule has 1 fully saturated rings. The lowest BCUT2D eigenvalue weighted by molar-refractivity contribution is -0.122. The van der Waals surface area contributed by atoms with Crippen molar-refractivity contribution in [2.45, 2.75) is 25.8 Å². The SMILES string of the molecule is CNCCC1CCN(CC(=O)NCc2cccs2)CC1. The Labute approximate surface area is 125 Å². The van der Waals surface area contributed by atoms with Crippen LogP contribution in [0.3, 0.4) is 0 Å². The zero-order valence-corrected chi connectivity index (χ0v) is 13.0. The number of carbonyl (C=O) groups excluding carboxylic acids is 1. The summed E-state index contributed by atoms with van der Waals surface area (Å²) in [7, 11) is 2.01. The molecule has 1 saturated heterocycles. The first-order chi connectivity index (χ1) is 9.78. The quantitative estimate of drug-likeness (QED) is 0.804. The van der Waals surface area contributed by atoms with E-state index in [9.17, 15) is 4.79 Å². The summed E-state index contributed by atoms with van der Waals surface area (Å²) in [6.07, 6.45) is 3.70. The Morgan fingerprint density at radius 3 is 2.90 bits per heavy atom. The first-order valence-electron chi connectivity index (χ1n) is 7.44. The van der Waals surface area contributed by atoms with Gasteiger partial charge >= 0.3 is 0 Å². The van der Waals surface area contributed by atoms with Crippen LogP contribution in [0.25, 0.3) is 0 Å². The first-order valence-corrected chi connectivity index (χ1v) is 8.32. The van der Waals surface area contributed by atoms with Crippen LogP contribution in [0.15, 0.2) is 17.5 Å². The lowest BCUT2D eigenvalue weighted by Crippen LogP contribution is -2.41. The van der Waals surface area contributed by atoms with Gasteiger partial charge in [0, 0.05) is 4.88 Å². The highest BCUT2D eigenvalue weighted by molar-refractivity contribution is 7.09. The predicted octanol–water partition coefficient (Wildman–Crippen LogP) is 1.69. The van der Waals surface area contributed by atoms with Gasteiger partial charge in [-0.1, -0.05) is 6.07 Å². The number of nitrogens with one attached hydrogen (secondary N) is 2. The molecule has 2 heterocycles. The van der Waals surface area contributed by atoms with Crippen LogP contribution >= 0.6 is 11.3 Å². The average Bonchev–Trinajstić information content (AvgIpc) is 2.98. The normalized spacial score (nSPS) is 17.2. The smallest absolute Gasteiger partial charge is 0.234 e. The third-order valence-electron chi connectivity index (χ3n) is 3.92. The Bertz CT molecular complexity index is 386. The fourth-order valence-electron chi connectivity index (χ4n) is 2.64. The molecule has 0 unspecified atom stereocenters. The maximum Gasteiger partial charge on any atom is 0.234 e. The summed E-state index contributed by atoms with van der Waals surface area (Å²) < 4.78 is 0. The van der Waals surface area contributed by atoms with Gasteiger partial charge < -0.3 is 10.6 Å². The van der Waals surface area contributed by atoms with Crippen molar-refractivity contribution in [3.8, 4) is 0 Å². The van der Waals surface area contributed by atoms with E-state index in [2.05, 4.69) is 21.6 Å². The van der Waals surface area contributed by atoms with Crippen LogP contribution in [-0.4, -0.2) is 44.0 Å². The van der Waals surface area contributed by atoms with Crippen LogP contribution in [0.1, 0.15) is 24.1 Å². The Kier molecular flexibility index (Phi) is 6.50. The summed E-state index contributed by atoms with van der Waals surface area (Å²) in [5, 5.41) is 8.25. The summed E-state index contributed by atoms with van der Waals surface area (Å²) >= 11 is 1.68. The number of amides is 1. The summed E-state index contributed by atoms with van der Waals surface area (Å²) in [4.78, 5) is 15.4. The summed E-state index contributed by atoms with van der Waals surface area (Å²) in [6.45, 7) is 4.42. The van der Waals surface area contributed by atoms with Crippen LogP contribution in [0.4, 0.5) is 0 Å². The number of piperidine rings is 1. The van der Waals surface area contributed by atoms with Crippen LogP contribution in [0, 0.1) is 5.92 Å². The topological polar surface area (TPSA) is 44.4 Å². The van der Waals surface area contributed by atoms with E-state index in [0.29, 0.717) is 13.1 Å². The highest BCUT2D eigenvalue weighted by Crippen LogP contribution is 2.19. The van der Waals surface area contributed by atoms with Crippen molar-refractivity contribution in [1.82, 2.24) is 15.5 Å². The molecule has 1 aromatic rings. The van der Waals surface area contributed by atoms with Crippen LogP contribution < -0.4 is 10.6 Å². The molecule has 2 rings (SSSR count). The van der Waals surface area contributed by atoms with Crippen molar-refractivity contribution < 1.29 is 4.79 Å². The van der Waals surface area contributed by atoms with Gasteiger partial charge in [0.1, 0.15) is 0 Å². The molecule has 0 bridgehead atoms. The number of hydrogen-bond acceptors (Lipinski definition) is 4. The van der Waals surface area contributed by atoms with E-state index in [1.54, 1.807) is 11.3 Å². The van der Waals surface area contributed by atoms with Crippen molar-refractivity contribution in [2.75, 3.05) is 33.2 Å². The minimum absolute atomic E-state index is 0.145. The van der Waals surface area contributed by atoms with Gasteiger partial charge in [0.15, 0.2) is 0 Å². The summed E-state index contributed by atoms with van der Waals surface area (Å²) in [6, 6.07) is 4.07. The third kappa shape index (κ3) is 5.23. The van der Waals surface area contributed by atoms with Crippen LogP contribution in [0.2, 0.25) is 0 Å². The molecule has 5 heteroatoms. The Morgan fingerprint density at radius 2 is 2.25 bits per heavy atom. The molecule has 0 atom stereocenters. The molecule has 1 aromatic heterocycles. The van der Waals surface area contributed by atoms with E-state index in [0.717, 1.165) is 25.6 Å². The zero-order valence-electron chi connectivity index (χ0n) is 12.2. The molecule has 1 amide bonds. The van der Waals surface area contributed by atoms with Crippen LogP contribution in [-0.2, 0) is 11.3 Å². The second-order valence-electron chi connectivity index (χ2n) is 5.47. The molecule has 0 aromatic carbocycles. The van der Waals surface area contributed by atoms with E-state index in [4.69, 9.17) is 0 Å². The maximum atomic E-state index is 11.9. The van der Waals surface area contributed by atoms with Crippen molar-refractivity contribution in [2.24, 2.45) is 5.92 Å².